The Labute approximate surface area is 103 Å². The number of hydrogen-bond acceptors (Lipinski definition) is 2. The molecule has 2 nitrogen and oxygen atoms in total. The first-order valence-electron chi connectivity index (χ1n) is 6.21. The minimum absolute atomic E-state index is 0.718. The van der Waals surface area contributed by atoms with Gasteiger partial charge in [-0.25, -0.2) is 0 Å². The second-order valence-electron chi connectivity index (χ2n) is 4.92. The third-order valence-corrected chi connectivity index (χ3v) is 3.37. The van der Waals surface area contributed by atoms with Gasteiger partial charge in [0.25, 0.3) is 0 Å². The van der Waals surface area contributed by atoms with Crippen LogP contribution in [-0.4, -0.2) is 10.7 Å². The number of anilines is 1. The van der Waals surface area contributed by atoms with Crippen LogP contribution < -0.4 is 5.73 Å². The maximum atomic E-state index is 10.3. The van der Waals surface area contributed by atoms with Crippen molar-refractivity contribution in [3.63, 3.8) is 0 Å². The predicted octanol–water partition coefficient (Wildman–Crippen LogP) is 2.62. The van der Waals surface area contributed by atoms with Crippen LogP contribution in [0.25, 0.3) is 0 Å². The van der Waals surface area contributed by atoms with Gasteiger partial charge in [-0.3, -0.25) is 0 Å². The summed E-state index contributed by atoms with van der Waals surface area (Å²) in [5.41, 5.74) is 7.70. The molecule has 1 aliphatic rings. The molecule has 0 aromatic heterocycles. The Morgan fingerprint density at radius 2 is 1.94 bits per heavy atom. The van der Waals surface area contributed by atoms with Gasteiger partial charge in [-0.05, 0) is 50.3 Å². The number of nitrogen functional groups attached to an aromatic ring is 1. The molecule has 0 aliphatic heterocycles. The zero-order chi connectivity index (χ0) is 12.3. The number of rotatable bonds is 0. The van der Waals surface area contributed by atoms with Crippen LogP contribution >= 0.6 is 0 Å². The van der Waals surface area contributed by atoms with Crippen molar-refractivity contribution in [1.82, 2.24) is 0 Å². The molecule has 0 radical (unpaired) electrons. The number of aliphatic hydroxyl groups is 1. The van der Waals surface area contributed by atoms with Gasteiger partial charge in [-0.2, -0.15) is 0 Å². The summed E-state index contributed by atoms with van der Waals surface area (Å²) in [5, 5.41) is 10.3. The van der Waals surface area contributed by atoms with E-state index in [1.165, 1.54) is 6.42 Å². The highest BCUT2D eigenvalue weighted by molar-refractivity contribution is 5.51. The molecule has 1 aromatic carbocycles. The summed E-state index contributed by atoms with van der Waals surface area (Å²) in [7, 11) is 0. The van der Waals surface area contributed by atoms with Crippen LogP contribution in [0.15, 0.2) is 18.2 Å². The summed E-state index contributed by atoms with van der Waals surface area (Å²) in [4.78, 5) is 0. The third kappa shape index (κ3) is 3.01. The molecule has 90 valence electrons. The molecule has 1 saturated carbocycles. The molecular formula is C15H19NO. The first-order valence-corrected chi connectivity index (χ1v) is 6.21. The van der Waals surface area contributed by atoms with Gasteiger partial charge < -0.3 is 10.8 Å². The Morgan fingerprint density at radius 1 is 1.24 bits per heavy atom. The minimum Gasteiger partial charge on any atom is -0.399 e. The number of benzene rings is 1. The average molecular weight is 229 g/mol. The fraction of sp³-hybridized carbons (Fsp3) is 0.467. The van der Waals surface area contributed by atoms with Gasteiger partial charge >= 0.3 is 0 Å². The van der Waals surface area contributed by atoms with Gasteiger partial charge in [-0.15, -0.1) is 0 Å². The Kier molecular flexibility index (Phi) is 3.40. The Balaban J connectivity index is 2.22. The van der Waals surface area contributed by atoms with Gasteiger partial charge in [0.05, 0.1) is 0 Å². The summed E-state index contributed by atoms with van der Waals surface area (Å²) in [6.45, 7) is 2.01. The first kappa shape index (κ1) is 12.0. The molecule has 0 saturated heterocycles. The lowest BCUT2D eigenvalue weighted by Gasteiger charge is -2.26. The molecule has 0 spiro atoms. The molecule has 0 unspecified atom stereocenters. The van der Waals surface area contributed by atoms with Crippen LogP contribution in [0.2, 0.25) is 0 Å². The van der Waals surface area contributed by atoms with E-state index in [2.05, 4.69) is 11.8 Å². The normalized spacial score (nSPS) is 18.2. The molecule has 1 fully saturated rings. The van der Waals surface area contributed by atoms with Crippen molar-refractivity contribution in [1.29, 1.82) is 0 Å². The van der Waals surface area contributed by atoms with Crippen LogP contribution in [0.1, 0.15) is 43.2 Å². The average Bonchev–Trinajstić information content (AvgIpc) is 2.31. The molecular weight excluding hydrogens is 210 g/mol. The predicted molar refractivity (Wildman–Crippen MR) is 70.5 cm³/mol. The molecule has 2 rings (SSSR count). The SMILES string of the molecule is Cc1ccc(N)cc1C#CC1(O)CCCCC1. The van der Waals surface area contributed by atoms with Gasteiger partial charge in [-0.1, -0.05) is 24.3 Å². The number of nitrogens with two attached hydrogens (primary N) is 1. The van der Waals surface area contributed by atoms with E-state index >= 15 is 0 Å². The summed E-state index contributed by atoms with van der Waals surface area (Å²) >= 11 is 0. The van der Waals surface area contributed by atoms with Crippen LogP contribution in [0, 0.1) is 18.8 Å². The van der Waals surface area contributed by atoms with Gasteiger partial charge in [0.15, 0.2) is 0 Å². The standard InChI is InChI=1S/C15H19NO/c1-12-5-6-14(16)11-13(12)7-10-15(17)8-3-2-4-9-15/h5-6,11,17H,2-4,8-9,16H2,1H3. The molecule has 0 atom stereocenters. The molecule has 1 aromatic rings. The molecule has 0 amide bonds. The number of aryl methyl sites for hydroxylation is 1. The van der Waals surface area contributed by atoms with Gasteiger partial charge in [0, 0.05) is 11.3 Å². The van der Waals surface area contributed by atoms with Crippen LogP contribution in [0.3, 0.4) is 0 Å². The molecule has 2 heteroatoms. The van der Waals surface area contributed by atoms with Gasteiger partial charge in [0.1, 0.15) is 5.60 Å². The van der Waals surface area contributed by atoms with Crippen molar-refractivity contribution in [2.75, 3.05) is 5.73 Å². The second kappa shape index (κ2) is 4.81. The van der Waals surface area contributed by atoms with E-state index in [1.807, 2.05) is 25.1 Å². The van der Waals surface area contributed by atoms with E-state index in [9.17, 15) is 5.11 Å². The smallest absolute Gasteiger partial charge is 0.125 e. The van der Waals surface area contributed by atoms with Crippen molar-refractivity contribution >= 4 is 5.69 Å². The summed E-state index contributed by atoms with van der Waals surface area (Å²) in [6, 6.07) is 5.70. The van der Waals surface area contributed by atoms with E-state index in [4.69, 9.17) is 5.73 Å². The van der Waals surface area contributed by atoms with Crippen molar-refractivity contribution in [3.05, 3.63) is 29.3 Å². The first-order chi connectivity index (χ1) is 8.09. The third-order valence-electron chi connectivity index (χ3n) is 3.37. The van der Waals surface area contributed by atoms with E-state index < -0.39 is 5.60 Å². The molecule has 0 bridgehead atoms. The largest absolute Gasteiger partial charge is 0.399 e. The van der Waals surface area contributed by atoms with Crippen LogP contribution in [0.4, 0.5) is 5.69 Å². The van der Waals surface area contributed by atoms with Crippen LogP contribution in [-0.2, 0) is 0 Å². The Bertz CT molecular complexity index is 462. The monoisotopic (exact) mass is 229 g/mol. The maximum Gasteiger partial charge on any atom is 0.125 e. The summed E-state index contributed by atoms with van der Waals surface area (Å²) in [6.07, 6.45) is 4.94. The van der Waals surface area contributed by atoms with E-state index in [1.54, 1.807) is 0 Å². The summed E-state index contributed by atoms with van der Waals surface area (Å²) in [5.74, 6) is 6.12. The lowest BCUT2D eigenvalue weighted by molar-refractivity contribution is 0.0610. The van der Waals surface area contributed by atoms with E-state index in [-0.39, 0.29) is 0 Å². The van der Waals surface area contributed by atoms with Crippen molar-refractivity contribution in [2.24, 2.45) is 0 Å². The van der Waals surface area contributed by atoms with Crippen LogP contribution in [0.5, 0.6) is 0 Å². The lowest BCUT2D eigenvalue weighted by Crippen LogP contribution is -2.29. The zero-order valence-electron chi connectivity index (χ0n) is 10.3. The summed E-state index contributed by atoms with van der Waals surface area (Å²) < 4.78 is 0. The molecule has 1 aliphatic carbocycles. The highest BCUT2D eigenvalue weighted by atomic mass is 16.3. The highest BCUT2D eigenvalue weighted by Crippen LogP contribution is 2.27. The number of hydrogen-bond donors (Lipinski definition) is 2. The lowest BCUT2D eigenvalue weighted by atomic mass is 9.85. The maximum absolute atomic E-state index is 10.3. The Hall–Kier alpha value is -1.46. The fourth-order valence-corrected chi connectivity index (χ4v) is 2.22. The van der Waals surface area contributed by atoms with Crippen molar-refractivity contribution in [2.45, 2.75) is 44.6 Å². The molecule has 17 heavy (non-hydrogen) atoms. The zero-order valence-corrected chi connectivity index (χ0v) is 10.3. The minimum atomic E-state index is -0.782. The Morgan fingerprint density at radius 3 is 2.65 bits per heavy atom. The van der Waals surface area contributed by atoms with Crippen molar-refractivity contribution in [3.8, 4) is 11.8 Å². The van der Waals surface area contributed by atoms with Gasteiger partial charge in [0.2, 0.25) is 0 Å². The van der Waals surface area contributed by atoms with Crippen molar-refractivity contribution < 1.29 is 5.11 Å². The molecule has 0 heterocycles. The molecule has 3 N–H and O–H groups in total. The second-order valence-corrected chi connectivity index (χ2v) is 4.92. The van der Waals surface area contributed by atoms with E-state index in [0.717, 1.165) is 42.5 Å². The highest BCUT2D eigenvalue weighted by Gasteiger charge is 2.26. The topological polar surface area (TPSA) is 46.2 Å². The van der Waals surface area contributed by atoms with E-state index in [0.29, 0.717) is 0 Å². The fourth-order valence-electron chi connectivity index (χ4n) is 2.22. The quantitative estimate of drug-likeness (QED) is 0.530.